The largest absolute Gasteiger partial charge is 0.316 e. The van der Waals surface area contributed by atoms with E-state index in [1.54, 1.807) is 0 Å². The summed E-state index contributed by atoms with van der Waals surface area (Å²) in [6.07, 6.45) is 20.6. The lowest BCUT2D eigenvalue weighted by Gasteiger charge is -2.13. The van der Waals surface area contributed by atoms with E-state index in [0.29, 0.717) is 0 Å². The molecule has 0 bridgehead atoms. The highest BCUT2D eigenvalue weighted by Crippen LogP contribution is 2.35. The molecule has 0 unspecified atom stereocenters. The van der Waals surface area contributed by atoms with Crippen molar-refractivity contribution < 1.29 is 0 Å². The van der Waals surface area contributed by atoms with Crippen molar-refractivity contribution in [2.45, 2.75) is 13.3 Å². The molecule has 0 spiro atoms. The van der Waals surface area contributed by atoms with Gasteiger partial charge in [0, 0.05) is 39.5 Å². The standard InChI is InChI=1S/C38H30N2/c1-2-3-5-14-30-27-39(36-22-10-8-19-33(30)36)31-17-12-15-28(25-31)29-16-13-18-32(26-29)40-37-23-7-4-6-20-34(37)35-21-9-11-24-38(35)40/h2-3,5-27H,4H2,1H3/b3-2-,14-5-. The summed E-state index contributed by atoms with van der Waals surface area (Å²) < 4.78 is 4.70. The smallest absolute Gasteiger partial charge is 0.0541 e. The molecule has 0 radical (unpaired) electrons. The van der Waals surface area contributed by atoms with Crippen LogP contribution in [0.4, 0.5) is 0 Å². The first kappa shape index (κ1) is 24.0. The molecule has 4 aromatic carbocycles. The zero-order chi connectivity index (χ0) is 26.9. The second kappa shape index (κ2) is 10.2. The third-order valence-corrected chi connectivity index (χ3v) is 7.67. The number of nitrogens with zero attached hydrogens (tertiary/aromatic N) is 2. The van der Waals surface area contributed by atoms with Gasteiger partial charge < -0.3 is 9.13 Å². The van der Waals surface area contributed by atoms with Gasteiger partial charge in [-0.1, -0.05) is 103 Å². The van der Waals surface area contributed by atoms with Gasteiger partial charge in [0.2, 0.25) is 0 Å². The van der Waals surface area contributed by atoms with E-state index in [4.69, 9.17) is 0 Å². The molecule has 0 aliphatic heterocycles. The minimum Gasteiger partial charge on any atom is -0.316 e. The lowest BCUT2D eigenvalue weighted by atomic mass is 10.0. The Hall–Kier alpha value is -5.08. The number of rotatable bonds is 5. The van der Waals surface area contributed by atoms with Crippen LogP contribution >= 0.6 is 0 Å². The van der Waals surface area contributed by atoms with Gasteiger partial charge in [0.25, 0.3) is 0 Å². The van der Waals surface area contributed by atoms with Gasteiger partial charge in [0.1, 0.15) is 0 Å². The summed E-state index contributed by atoms with van der Waals surface area (Å²) in [4.78, 5) is 0. The minimum atomic E-state index is 0.955. The van der Waals surface area contributed by atoms with E-state index in [0.717, 1.165) is 12.1 Å². The maximum Gasteiger partial charge on any atom is 0.0541 e. The number of fused-ring (bicyclic) bond motifs is 4. The molecule has 0 fully saturated rings. The van der Waals surface area contributed by atoms with Crippen LogP contribution in [-0.4, -0.2) is 9.13 Å². The summed E-state index contributed by atoms with van der Waals surface area (Å²) in [6.45, 7) is 2.04. The third kappa shape index (κ3) is 4.15. The molecule has 0 saturated heterocycles. The first-order valence-corrected chi connectivity index (χ1v) is 13.9. The Morgan fingerprint density at radius 3 is 2.17 bits per heavy atom. The summed E-state index contributed by atoms with van der Waals surface area (Å²) in [5, 5.41) is 2.53. The minimum absolute atomic E-state index is 0.955. The van der Waals surface area contributed by atoms with Crippen molar-refractivity contribution >= 4 is 40.0 Å². The van der Waals surface area contributed by atoms with Crippen LogP contribution in [0.3, 0.4) is 0 Å². The molecular formula is C38H30N2. The highest BCUT2D eigenvalue weighted by Gasteiger charge is 2.16. The van der Waals surface area contributed by atoms with Crippen LogP contribution in [0.1, 0.15) is 30.2 Å². The highest BCUT2D eigenvalue weighted by molar-refractivity contribution is 5.96. The predicted octanol–water partition coefficient (Wildman–Crippen LogP) is 10.3. The van der Waals surface area contributed by atoms with Crippen LogP contribution < -0.4 is 0 Å². The Labute approximate surface area is 235 Å². The zero-order valence-corrected chi connectivity index (χ0v) is 22.5. The summed E-state index contributed by atoms with van der Waals surface area (Å²) in [6, 6.07) is 35.1. The number of benzene rings is 4. The summed E-state index contributed by atoms with van der Waals surface area (Å²) in [7, 11) is 0. The molecule has 2 heteroatoms. The second-order valence-electron chi connectivity index (χ2n) is 10.1. The lowest BCUT2D eigenvalue weighted by Crippen LogP contribution is -1.97. The van der Waals surface area contributed by atoms with Crippen LogP contribution in [0.5, 0.6) is 0 Å². The highest BCUT2D eigenvalue weighted by atomic mass is 15.0. The fraction of sp³-hybridized carbons (Fsp3) is 0.0526. The summed E-state index contributed by atoms with van der Waals surface area (Å²) in [5.74, 6) is 0. The number of aromatic nitrogens is 2. The Morgan fingerprint density at radius 2 is 1.35 bits per heavy atom. The zero-order valence-electron chi connectivity index (χ0n) is 22.5. The molecule has 6 aromatic rings. The van der Waals surface area contributed by atoms with Gasteiger partial charge in [-0.15, -0.1) is 0 Å². The number of hydrogen-bond acceptors (Lipinski definition) is 0. The first-order valence-electron chi connectivity index (χ1n) is 13.9. The van der Waals surface area contributed by atoms with Crippen molar-refractivity contribution in [3.05, 3.63) is 150 Å². The fourth-order valence-corrected chi connectivity index (χ4v) is 5.83. The first-order chi connectivity index (χ1) is 19.8. The molecule has 192 valence electrons. The molecule has 2 nitrogen and oxygen atoms in total. The van der Waals surface area contributed by atoms with Gasteiger partial charge in [-0.2, -0.15) is 0 Å². The van der Waals surface area contributed by atoms with Gasteiger partial charge in [0.05, 0.1) is 16.7 Å². The van der Waals surface area contributed by atoms with Crippen LogP contribution in [0, 0.1) is 0 Å². The Kier molecular flexibility index (Phi) is 6.14. The molecule has 1 aliphatic carbocycles. The molecule has 1 aliphatic rings. The van der Waals surface area contributed by atoms with Crippen molar-refractivity contribution in [1.82, 2.24) is 9.13 Å². The van der Waals surface area contributed by atoms with E-state index in [1.165, 1.54) is 55.4 Å². The van der Waals surface area contributed by atoms with Crippen LogP contribution in [0.15, 0.2) is 134 Å². The topological polar surface area (TPSA) is 9.86 Å². The normalized spacial score (nSPS) is 13.1. The van der Waals surface area contributed by atoms with Crippen LogP contribution in [0.25, 0.3) is 62.5 Å². The SMILES string of the molecule is C/C=C\C=C/c1cn(-c2cccc(-c3cccc(-n4c5c(c6ccccc64)C=CCC=C5)c3)c2)c2ccccc12. The molecule has 2 heterocycles. The molecule has 7 rings (SSSR count). The van der Waals surface area contributed by atoms with Gasteiger partial charge in [-0.25, -0.2) is 0 Å². The molecule has 0 amide bonds. The van der Waals surface area contributed by atoms with Gasteiger partial charge in [-0.3, -0.25) is 0 Å². The number of hydrogen-bond donors (Lipinski definition) is 0. The van der Waals surface area contributed by atoms with Crippen LogP contribution in [0.2, 0.25) is 0 Å². The van der Waals surface area contributed by atoms with E-state index >= 15 is 0 Å². The molecule has 0 atom stereocenters. The average molecular weight is 515 g/mol. The maximum absolute atomic E-state index is 2.40. The summed E-state index contributed by atoms with van der Waals surface area (Å²) >= 11 is 0. The average Bonchev–Trinajstić information content (AvgIpc) is 3.42. The predicted molar refractivity (Wildman–Crippen MR) is 172 cm³/mol. The van der Waals surface area contributed by atoms with E-state index in [1.807, 2.05) is 13.0 Å². The lowest BCUT2D eigenvalue weighted by molar-refractivity contribution is 1.10. The Balaban J connectivity index is 1.34. The van der Waals surface area contributed by atoms with Gasteiger partial charge in [0.15, 0.2) is 0 Å². The molecule has 40 heavy (non-hydrogen) atoms. The van der Waals surface area contributed by atoms with Crippen molar-refractivity contribution in [2.75, 3.05) is 0 Å². The molecular weight excluding hydrogens is 484 g/mol. The maximum atomic E-state index is 2.40. The molecule has 0 N–H and O–H groups in total. The van der Waals surface area contributed by atoms with E-state index < -0.39 is 0 Å². The molecule has 2 aromatic heterocycles. The van der Waals surface area contributed by atoms with Crippen molar-refractivity contribution in [3.63, 3.8) is 0 Å². The van der Waals surface area contributed by atoms with E-state index in [9.17, 15) is 0 Å². The van der Waals surface area contributed by atoms with E-state index in [2.05, 4.69) is 155 Å². The third-order valence-electron chi connectivity index (χ3n) is 7.67. The summed E-state index contributed by atoms with van der Waals surface area (Å²) in [5.41, 5.74) is 10.9. The van der Waals surface area contributed by atoms with Crippen molar-refractivity contribution in [3.8, 4) is 22.5 Å². The second-order valence-corrected chi connectivity index (χ2v) is 10.1. The monoisotopic (exact) mass is 514 g/mol. The van der Waals surface area contributed by atoms with Crippen LogP contribution in [-0.2, 0) is 0 Å². The molecule has 0 saturated carbocycles. The Bertz CT molecular complexity index is 1990. The van der Waals surface area contributed by atoms with Gasteiger partial charge >= 0.3 is 0 Å². The van der Waals surface area contributed by atoms with Gasteiger partial charge in [-0.05, 0) is 66.9 Å². The quantitative estimate of drug-likeness (QED) is 0.203. The van der Waals surface area contributed by atoms with Crippen molar-refractivity contribution in [2.24, 2.45) is 0 Å². The fourth-order valence-electron chi connectivity index (χ4n) is 5.83. The van der Waals surface area contributed by atoms with E-state index in [-0.39, 0.29) is 0 Å². The number of allylic oxidation sites excluding steroid dienone is 5. The number of para-hydroxylation sites is 2. The Morgan fingerprint density at radius 1 is 0.650 bits per heavy atom. The van der Waals surface area contributed by atoms with Crippen molar-refractivity contribution in [1.29, 1.82) is 0 Å².